The van der Waals surface area contributed by atoms with Crippen LogP contribution in [0.25, 0.3) is 0 Å². The van der Waals surface area contributed by atoms with Crippen LogP contribution in [0, 0.1) is 0 Å². The van der Waals surface area contributed by atoms with Crippen molar-refractivity contribution < 1.29 is 59.1 Å². The van der Waals surface area contributed by atoms with Crippen LogP contribution in [0.1, 0.15) is 30.6 Å². The van der Waals surface area contributed by atoms with E-state index in [0.29, 0.717) is 29.9 Å². The van der Waals surface area contributed by atoms with Gasteiger partial charge in [0.25, 0.3) is 0 Å². The minimum atomic E-state index is -1.36. The van der Waals surface area contributed by atoms with Crippen molar-refractivity contribution in [1.29, 1.82) is 0 Å². The van der Waals surface area contributed by atoms with Gasteiger partial charge < -0.3 is 59.1 Å². The van der Waals surface area contributed by atoms with E-state index < -0.39 is 49.5 Å². The summed E-state index contributed by atoms with van der Waals surface area (Å²) in [5.74, 6) is 0.664. The number of aliphatic hydroxyl groups excluding tert-OH is 5. The molecule has 1 aliphatic rings. The maximum absolute atomic E-state index is 10.9. The number of methoxy groups -OCH3 is 3. The molecule has 39 heavy (non-hydrogen) atoms. The highest BCUT2D eigenvalue weighted by molar-refractivity contribution is 5.53. The Morgan fingerprint density at radius 3 is 2.10 bits per heavy atom. The molecule has 1 aliphatic heterocycles. The Morgan fingerprint density at radius 1 is 0.872 bits per heavy atom. The van der Waals surface area contributed by atoms with Gasteiger partial charge in [-0.15, -0.1) is 0 Å². The summed E-state index contributed by atoms with van der Waals surface area (Å²) in [4.78, 5) is 0. The van der Waals surface area contributed by atoms with Gasteiger partial charge in [0, 0.05) is 0 Å². The quantitative estimate of drug-likeness (QED) is 0.191. The van der Waals surface area contributed by atoms with Crippen molar-refractivity contribution in [3.63, 3.8) is 0 Å². The molecule has 0 spiro atoms. The zero-order valence-corrected chi connectivity index (χ0v) is 22.4. The molecule has 12 nitrogen and oxygen atoms in total. The highest BCUT2D eigenvalue weighted by Crippen LogP contribution is 2.40. The molecule has 1 saturated heterocycles. The molecular formula is C27H38O12. The number of rotatable bonds is 13. The SMILES string of the molecule is COc1cc(CCCO[C@H]2O[C@@H](C)[C@H](O)[C@@H](O)[C@H]2O)ccc1O[C@H](CO)[C@@H](O)c1cc(OC)c(O)c(OC)c1. The number of hydrogen-bond donors (Lipinski definition) is 6. The summed E-state index contributed by atoms with van der Waals surface area (Å²) >= 11 is 0. The lowest BCUT2D eigenvalue weighted by Gasteiger charge is -2.38. The van der Waals surface area contributed by atoms with E-state index in [1.54, 1.807) is 25.1 Å². The lowest BCUT2D eigenvalue weighted by atomic mass is 10.00. The molecule has 3 rings (SSSR count). The Bertz CT molecular complexity index is 1040. The standard InChI is InChI=1S/C27H38O12/c1-14-22(29)25(32)26(33)27(38-14)37-9-5-6-15-7-8-17(18(10-15)34-2)39-21(13-28)23(30)16-11-19(35-3)24(31)20(12-16)36-4/h7-8,10-12,14,21-23,25-33H,5-6,9,13H2,1-4H3/t14-,21+,22-,23-,25+,26+,27-/m0/s1. The summed E-state index contributed by atoms with van der Waals surface area (Å²) in [5, 5.41) is 60.7. The predicted molar refractivity (Wildman–Crippen MR) is 137 cm³/mol. The van der Waals surface area contributed by atoms with E-state index in [4.69, 9.17) is 28.4 Å². The molecule has 0 amide bonds. The first kappa shape index (κ1) is 30.7. The van der Waals surface area contributed by atoms with Crippen molar-refractivity contribution in [2.24, 2.45) is 0 Å². The number of benzene rings is 2. The van der Waals surface area contributed by atoms with Crippen LogP contribution in [-0.2, 0) is 15.9 Å². The number of phenols is 1. The van der Waals surface area contributed by atoms with Crippen molar-refractivity contribution in [2.75, 3.05) is 34.5 Å². The first-order valence-corrected chi connectivity index (χ1v) is 12.5. The lowest BCUT2D eigenvalue weighted by molar-refractivity contribution is -0.293. The van der Waals surface area contributed by atoms with Gasteiger partial charge in [-0.2, -0.15) is 0 Å². The number of phenolic OH excluding ortho intramolecular Hbond substituents is 1. The van der Waals surface area contributed by atoms with E-state index in [2.05, 4.69) is 0 Å². The number of hydrogen-bond acceptors (Lipinski definition) is 12. The normalized spacial score (nSPS) is 24.6. The van der Waals surface area contributed by atoms with E-state index >= 15 is 0 Å². The van der Waals surface area contributed by atoms with Crippen molar-refractivity contribution in [3.8, 4) is 28.7 Å². The monoisotopic (exact) mass is 554 g/mol. The molecular weight excluding hydrogens is 516 g/mol. The third-order valence-electron chi connectivity index (χ3n) is 6.58. The number of aromatic hydroxyl groups is 1. The fourth-order valence-electron chi connectivity index (χ4n) is 4.26. The molecule has 2 aromatic carbocycles. The van der Waals surface area contributed by atoms with Gasteiger partial charge >= 0.3 is 0 Å². The highest BCUT2D eigenvalue weighted by Gasteiger charge is 2.42. The van der Waals surface area contributed by atoms with Gasteiger partial charge in [0.05, 0.1) is 40.6 Å². The molecule has 0 radical (unpaired) electrons. The number of ether oxygens (including phenoxy) is 6. The average molecular weight is 555 g/mol. The Morgan fingerprint density at radius 2 is 1.51 bits per heavy atom. The van der Waals surface area contributed by atoms with Crippen LogP contribution in [0.4, 0.5) is 0 Å². The molecule has 2 aromatic rings. The molecule has 0 bridgehead atoms. The highest BCUT2D eigenvalue weighted by atomic mass is 16.7. The summed E-state index contributed by atoms with van der Waals surface area (Å²) < 4.78 is 32.6. The molecule has 7 atom stereocenters. The first-order valence-electron chi connectivity index (χ1n) is 12.5. The van der Waals surface area contributed by atoms with Crippen molar-refractivity contribution in [1.82, 2.24) is 0 Å². The second kappa shape index (κ2) is 14.0. The van der Waals surface area contributed by atoms with Crippen LogP contribution in [-0.4, -0.2) is 102 Å². The van der Waals surface area contributed by atoms with Crippen LogP contribution < -0.4 is 18.9 Å². The topological polar surface area (TPSA) is 177 Å². The molecule has 12 heteroatoms. The van der Waals surface area contributed by atoms with E-state index in [0.717, 1.165) is 5.56 Å². The minimum absolute atomic E-state index is 0.0962. The molecule has 0 unspecified atom stereocenters. The molecule has 0 aliphatic carbocycles. The van der Waals surface area contributed by atoms with E-state index in [9.17, 15) is 30.6 Å². The first-order chi connectivity index (χ1) is 18.6. The Hall–Kier alpha value is -2.84. The van der Waals surface area contributed by atoms with Crippen LogP contribution in [0.5, 0.6) is 28.7 Å². The number of aryl methyl sites for hydroxylation is 1. The zero-order valence-electron chi connectivity index (χ0n) is 22.4. The summed E-state index contributed by atoms with van der Waals surface area (Å²) in [6, 6.07) is 8.09. The van der Waals surface area contributed by atoms with Gasteiger partial charge in [0.15, 0.2) is 35.4 Å². The largest absolute Gasteiger partial charge is 0.502 e. The number of aliphatic hydroxyl groups is 5. The third-order valence-corrected chi connectivity index (χ3v) is 6.58. The summed E-state index contributed by atoms with van der Waals surface area (Å²) in [5.41, 5.74) is 1.20. The summed E-state index contributed by atoms with van der Waals surface area (Å²) in [6.45, 7) is 1.30. The van der Waals surface area contributed by atoms with E-state index in [1.807, 2.05) is 0 Å². The Kier molecular flexibility index (Phi) is 11.0. The molecule has 0 saturated carbocycles. The van der Waals surface area contributed by atoms with Gasteiger partial charge in [-0.05, 0) is 55.2 Å². The van der Waals surface area contributed by atoms with E-state index in [1.165, 1.54) is 33.5 Å². The third kappa shape index (κ3) is 7.22. The molecule has 218 valence electrons. The van der Waals surface area contributed by atoms with Gasteiger partial charge in [0.1, 0.15) is 24.4 Å². The Labute approximate surface area is 226 Å². The molecule has 0 aromatic heterocycles. The van der Waals surface area contributed by atoms with E-state index in [-0.39, 0.29) is 23.9 Å². The molecule has 1 fully saturated rings. The summed E-state index contributed by atoms with van der Waals surface area (Å²) in [7, 11) is 4.21. The maximum atomic E-state index is 10.9. The van der Waals surface area contributed by atoms with Crippen LogP contribution in [0.3, 0.4) is 0 Å². The van der Waals surface area contributed by atoms with Gasteiger partial charge in [-0.1, -0.05) is 6.07 Å². The second-order valence-corrected chi connectivity index (χ2v) is 9.20. The van der Waals surface area contributed by atoms with Crippen molar-refractivity contribution in [2.45, 2.75) is 62.7 Å². The maximum Gasteiger partial charge on any atom is 0.200 e. The van der Waals surface area contributed by atoms with Gasteiger partial charge in [-0.3, -0.25) is 0 Å². The van der Waals surface area contributed by atoms with Crippen LogP contribution in [0.2, 0.25) is 0 Å². The van der Waals surface area contributed by atoms with Gasteiger partial charge in [0.2, 0.25) is 5.75 Å². The fraction of sp³-hybridized carbons (Fsp3) is 0.556. The predicted octanol–water partition coefficient (Wildman–Crippen LogP) is 0.668. The minimum Gasteiger partial charge on any atom is -0.502 e. The Balaban J connectivity index is 1.62. The fourth-order valence-corrected chi connectivity index (χ4v) is 4.26. The second-order valence-electron chi connectivity index (χ2n) is 9.20. The molecule has 1 heterocycles. The van der Waals surface area contributed by atoms with Gasteiger partial charge in [-0.25, -0.2) is 0 Å². The smallest absolute Gasteiger partial charge is 0.200 e. The average Bonchev–Trinajstić information content (AvgIpc) is 2.95. The van der Waals surface area contributed by atoms with Crippen LogP contribution in [0.15, 0.2) is 30.3 Å². The van der Waals surface area contributed by atoms with Crippen molar-refractivity contribution >= 4 is 0 Å². The van der Waals surface area contributed by atoms with Crippen LogP contribution >= 0.6 is 0 Å². The van der Waals surface area contributed by atoms with Crippen molar-refractivity contribution in [3.05, 3.63) is 41.5 Å². The molecule has 6 N–H and O–H groups in total. The summed E-state index contributed by atoms with van der Waals surface area (Å²) in [6.07, 6.45) is -6.84. The zero-order chi connectivity index (χ0) is 28.7. The lowest BCUT2D eigenvalue weighted by Crippen LogP contribution is -2.57.